The lowest BCUT2D eigenvalue weighted by atomic mass is 10.1. The van der Waals surface area contributed by atoms with Gasteiger partial charge in [0.15, 0.2) is 5.82 Å². The molecular weight excluding hydrogens is 992 g/mol. The molecule has 0 bridgehead atoms. The van der Waals surface area contributed by atoms with Gasteiger partial charge in [0.05, 0.1) is 24.0 Å². The number of nitrogens with zero attached hydrogens (tertiary/aromatic N) is 7. The van der Waals surface area contributed by atoms with Crippen LogP contribution in [0.25, 0.3) is 34.0 Å². The van der Waals surface area contributed by atoms with Crippen LogP contribution in [0.2, 0.25) is 0 Å². The number of nitrogens with one attached hydrogen (secondary N) is 2. The Kier molecular flexibility index (Phi) is 16.7. The van der Waals surface area contributed by atoms with Crippen LogP contribution >= 0.6 is 0 Å². The Bertz CT molecular complexity index is 2930. The van der Waals surface area contributed by atoms with Crippen molar-refractivity contribution in [1.29, 1.82) is 0 Å². The average molecular weight is 1040 g/mol. The quantitative estimate of drug-likeness (QED) is 0.0808. The number of rotatable bonds is 11. The first-order valence-electron chi connectivity index (χ1n) is 21.5. The summed E-state index contributed by atoms with van der Waals surface area (Å²) >= 11 is 0. The second kappa shape index (κ2) is 21.8. The van der Waals surface area contributed by atoms with Gasteiger partial charge in [-0.15, -0.1) is 0 Å². The summed E-state index contributed by atoms with van der Waals surface area (Å²) in [4.78, 5) is 62.7. The van der Waals surface area contributed by atoms with E-state index in [2.05, 4.69) is 44.9 Å². The van der Waals surface area contributed by atoms with Gasteiger partial charge in [0, 0.05) is 35.0 Å². The molecule has 0 saturated carbocycles. The number of alkyl halides is 9. The maximum Gasteiger partial charge on any atom is 0.471 e. The van der Waals surface area contributed by atoms with Crippen LogP contribution in [0.1, 0.15) is 83.9 Å². The Morgan fingerprint density at radius 2 is 1.18 bits per heavy atom. The largest absolute Gasteiger partial charge is 0.471 e. The molecular formula is C46H47F9N10O8. The molecule has 0 atom stereocenters. The molecule has 0 aliphatic heterocycles. The van der Waals surface area contributed by atoms with E-state index in [0.717, 1.165) is 21.6 Å². The van der Waals surface area contributed by atoms with E-state index in [1.807, 2.05) is 0 Å². The van der Waals surface area contributed by atoms with E-state index in [9.17, 15) is 58.7 Å². The highest BCUT2D eigenvalue weighted by molar-refractivity contribution is 5.88. The van der Waals surface area contributed by atoms with Gasteiger partial charge in [0.1, 0.15) is 17.7 Å². The van der Waals surface area contributed by atoms with Gasteiger partial charge in [-0.1, -0.05) is 58.8 Å². The summed E-state index contributed by atoms with van der Waals surface area (Å²) < 4.78 is 136. The number of benzene rings is 3. The minimum atomic E-state index is -4.79. The normalized spacial score (nSPS) is 12.2. The zero-order valence-corrected chi connectivity index (χ0v) is 40.0. The van der Waals surface area contributed by atoms with Crippen molar-refractivity contribution in [3.8, 4) is 34.0 Å². The van der Waals surface area contributed by atoms with Crippen molar-refractivity contribution in [2.45, 2.75) is 111 Å². The molecule has 3 heterocycles. The van der Waals surface area contributed by atoms with E-state index in [1.165, 1.54) is 60.8 Å². The van der Waals surface area contributed by atoms with Crippen molar-refractivity contribution in [3.63, 3.8) is 0 Å². The number of carbonyl (C=O) groups excluding carboxylic acids is 3. The maximum absolute atomic E-state index is 13.4. The van der Waals surface area contributed by atoms with Gasteiger partial charge in [-0.2, -0.15) is 49.5 Å². The number of nitrogen functional groups attached to an aromatic ring is 1. The Morgan fingerprint density at radius 3 is 1.60 bits per heavy atom. The topological polar surface area (TPSA) is 236 Å². The predicted octanol–water partition coefficient (Wildman–Crippen LogP) is 10.1. The van der Waals surface area contributed by atoms with Crippen LogP contribution < -0.4 is 21.9 Å². The summed E-state index contributed by atoms with van der Waals surface area (Å²) in [6, 6.07) is 14.4. The molecule has 18 nitrogen and oxygen atoms in total. The van der Waals surface area contributed by atoms with Crippen LogP contribution in [0.15, 0.2) is 86.8 Å². The van der Waals surface area contributed by atoms with Crippen LogP contribution in [0.3, 0.4) is 0 Å². The Morgan fingerprint density at radius 1 is 0.699 bits per heavy atom. The van der Waals surface area contributed by atoms with E-state index in [4.69, 9.17) is 15.2 Å². The fourth-order valence-corrected chi connectivity index (χ4v) is 6.07. The molecule has 6 aromatic rings. The highest BCUT2D eigenvalue weighted by Gasteiger charge is 2.40. The SMILES string of the molecule is CC(C)(C)OC(=O)N(Cc1ccc(-c2noc(C(F)(F)F)n2)cc1)C(=O)OC(C)(C)C.CC(C)Nc1ncc(-c2cc(N)cc(C(F)(F)F)c2)n(CC(=O)NCc2ccc(-c3noc(C(F)(F)F)n3)cc2)c1=O. The Balaban J connectivity index is 0.000000284. The molecule has 6 rings (SSSR count). The lowest BCUT2D eigenvalue weighted by Gasteiger charge is -2.28. The summed E-state index contributed by atoms with van der Waals surface area (Å²) in [6.07, 6.45) is -14.8. The van der Waals surface area contributed by atoms with E-state index >= 15 is 0 Å². The monoisotopic (exact) mass is 1040 g/mol. The molecule has 0 unspecified atom stereocenters. The first-order chi connectivity index (χ1) is 33.7. The summed E-state index contributed by atoms with van der Waals surface area (Å²) in [6.45, 7) is 12.7. The number of hydrogen-bond acceptors (Lipinski definition) is 15. The van der Waals surface area contributed by atoms with Crippen LogP contribution in [0, 0.1) is 0 Å². The molecule has 0 saturated heterocycles. The van der Waals surface area contributed by atoms with Crippen molar-refractivity contribution < 1.29 is 72.4 Å². The molecule has 3 amide bonds. The molecule has 392 valence electrons. The van der Waals surface area contributed by atoms with E-state index in [1.54, 1.807) is 55.4 Å². The molecule has 0 fully saturated rings. The van der Waals surface area contributed by atoms with Gasteiger partial charge in [0.25, 0.3) is 5.56 Å². The minimum Gasteiger partial charge on any atom is -0.443 e. The fraction of sp³-hybridized carbons (Fsp3) is 0.370. The van der Waals surface area contributed by atoms with Gasteiger partial charge >= 0.3 is 42.5 Å². The zero-order chi connectivity index (χ0) is 54.4. The molecule has 0 aliphatic rings. The van der Waals surface area contributed by atoms with Crippen molar-refractivity contribution in [2.75, 3.05) is 11.1 Å². The number of amides is 3. The number of halogens is 9. The average Bonchev–Trinajstić information content (AvgIpc) is 3.98. The second-order valence-electron chi connectivity index (χ2n) is 18.1. The van der Waals surface area contributed by atoms with E-state index in [-0.39, 0.29) is 64.7 Å². The molecule has 27 heteroatoms. The molecule has 3 aromatic heterocycles. The van der Waals surface area contributed by atoms with Crippen molar-refractivity contribution >= 4 is 29.6 Å². The van der Waals surface area contributed by atoms with Crippen LogP contribution in [0.4, 0.5) is 60.6 Å². The number of aromatic nitrogens is 6. The molecule has 4 N–H and O–H groups in total. The summed E-state index contributed by atoms with van der Waals surface area (Å²) in [5.41, 5.74) is 3.46. The number of carbonyl (C=O) groups is 3. The second-order valence-corrected chi connectivity index (χ2v) is 18.1. The number of anilines is 2. The van der Waals surface area contributed by atoms with Crippen molar-refractivity contribution in [2.24, 2.45) is 0 Å². The van der Waals surface area contributed by atoms with Gasteiger partial charge in [-0.05, 0) is 84.7 Å². The third-order valence-corrected chi connectivity index (χ3v) is 9.18. The lowest BCUT2D eigenvalue weighted by Crippen LogP contribution is -2.43. The smallest absolute Gasteiger partial charge is 0.443 e. The molecule has 73 heavy (non-hydrogen) atoms. The van der Waals surface area contributed by atoms with Gasteiger partial charge in [-0.3, -0.25) is 14.2 Å². The zero-order valence-electron chi connectivity index (χ0n) is 40.0. The summed E-state index contributed by atoms with van der Waals surface area (Å²) in [5, 5.41) is 12.1. The Labute approximate surface area is 409 Å². The minimum absolute atomic E-state index is 0.0397. The van der Waals surface area contributed by atoms with Crippen LogP contribution in [0.5, 0.6) is 0 Å². The standard InChI is InChI=1S/C26H23F6N7O3.C20H24F3N3O5/c1-13(2)36-22-23(41)39(19(11-35-22)16-7-17(25(27,28)29)9-18(33)8-16)12-20(40)34-10-14-3-5-15(6-4-14)21-37-24(42-38-21)26(30,31)32;1-18(2,3)29-16(27)26(17(28)30-19(4,5)6)11-12-7-9-13(10-8-12)14-24-15(31-25-14)20(21,22)23/h3-9,11,13H,10,12,33H2,1-2H3,(H,34,40)(H,35,36);7-10H,11H2,1-6H3. The van der Waals surface area contributed by atoms with E-state index < -0.39 is 77.3 Å². The first-order valence-corrected chi connectivity index (χ1v) is 21.5. The van der Waals surface area contributed by atoms with Crippen LogP contribution in [-0.4, -0.2) is 70.1 Å². The maximum atomic E-state index is 13.4. The first kappa shape index (κ1) is 55.9. The number of ether oxygens (including phenoxy) is 2. The lowest BCUT2D eigenvalue weighted by molar-refractivity contribution is -0.160. The Hall–Kier alpha value is -8.00. The fourth-order valence-electron chi connectivity index (χ4n) is 6.07. The molecule has 0 aliphatic carbocycles. The van der Waals surface area contributed by atoms with Gasteiger partial charge < -0.3 is 34.9 Å². The number of hydrogen-bond donors (Lipinski definition) is 3. The van der Waals surface area contributed by atoms with Crippen molar-refractivity contribution in [1.82, 2.24) is 40.0 Å². The number of imide groups is 1. The van der Waals surface area contributed by atoms with Crippen LogP contribution in [-0.2, 0) is 52.4 Å². The summed E-state index contributed by atoms with van der Waals surface area (Å²) in [7, 11) is 0. The van der Waals surface area contributed by atoms with Gasteiger partial charge in [-0.25, -0.2) is 19.5 Å². The van der Waals surface area contributed by atoms with Gasteiger partial charge in [0.2, 0.25) is 17.6 Å². The highest BCUT2D eigenvalue weighted by Crippen LogP contribution is 2.35. The molecule has 0 radical (unpaired) electrons. The third kappa shape index (κ3) is 16.0. The third-order valence-electron chi connectivity index (χ3n) is 9.18. The summed E-state index contributed by atoms with van der Waals surface area (Å²) in [5.74, 6) is -4.21. The van der Waals surface area contributed by atoms with E-state index in [0.29, 0.717) is 11.1 Å². The highest BCUT2D eigenvalue weighted by atomic mass is 19.4. The van der Waals surface area contributed by atoms with Crippen molar-refractivity contribution in [3.05, 3.63) is 112 Å². The number of nitrogens with two attached hydrogens (primary N) is 1. The predicted molar refractivity (Wildman–Crippen MR) is 241 cm³/mol. The molecule has 0 spiro atoms. The molecule has 3 aromatic carbocycles.